The Bertz CT molecular complexity index is 109. The molecule has 0 radical (unpaired) electrons. The van der Waals surface area contributed by atoms with Crippen LogP contribution in [0.3, 0.4) is 0 Å². The third-order valence-corrected chi connectivity index (χ3v) is 0.858. The molecule has 38 valence electrons. The Morgan fingerprint density at radius 3 is 2.43 bits per heavy atom. The maximum absolute atomic E-state index is 10.3. The normalized spacial score (nSPS) is 16.7. The van der Waals surface area contributed by atoms with Crippen LogP contribution in [0, 0.1) is 5.92 Å². The summed E-state index contributed by atoms with van der Waals surface area (Å²) < 4.78 is 4.37. The number of methoxy groups -OCH3 is 1. The van der Waals surface area contributed by atoms with Crippen LogP contribution in [0.5, 0.6) is 0 Å². The van der Waals surface area contributed by atoms with E-state index in [2.05, 4.69) is 4.74 Å². The highest BCUT2D eigenvalue weighted by Gasteiger charge is 2.20. The first-order valence-corrected chi connectivity index (χ1v) is 2.11. The van der Waals surface area contributed by atoms with Gasteiger partial charge in [0.1, 0.15) is 0 Å². The van der Waals surface area contributed by atoms with Crippen LogP contribution in [-0.2, 0) is 9.53 Å². The van der Waals surface area contributed by atoms with E-state index in [9.17, 15) is 4.79 Å². The molecule has 0 bridgehead atoms. The second-order valence-electron chi connectivity index (χ2n) is 1.43. The Morgan fingerprint density at radius 1 is 1.71 bits per heavy atom. The van der Waals surface area contributed by atoms with Crippen LogP contribution in [0.4, 0.5) is 0 Å². The molecule has 0 aromatic rings. The number of carbonyl (C=O) groups is 1. The molecule has 0 aromatic heterocycles. The molecule has 0 unspecified atom stereocenters. The first-order chi connectivity index (χ1) is 3.34. The van der Waals surface area contributed by atoms with Gasteiger partial charge in [-0.3, -0.25) is 4.79 Å². The summed E-state index contributed by atoms with van der Waals surface area (Å²) in [6.07, 6.45) is 3.59. The highest BCUT2D eigenvalue weighted by Crippen LogP contribution is 2.15. The third kappa shape index (κ3) is 0.796. The van der Waals surface area contributed by atoms with Gasteiger partial charge in [-0.15, -0.1) is 0 Å². The molecule has 0 fully saturated rings. The summed E-state index contributed by atoms with van der Waals surface area (Å²) in [6, 6.07) is 0. The van der Waals surface area contributed by atoms with Crippen molar-refractivity contribution in [3.05, 3.63) is 12.2 Å². The molecule has 1 aliphatic rings. The molecule has 1 aliphatic carbocycles. The van der Waals surface area contributed by atoms with E-state index in [0.29, 0.717) is 0 Å². The lowest BCUT2D eigenvalue weighted by Gasteiger charge is -1.90. The fourth-order valence-corrected chi connectivity index (χ4v) is 0.349. The van der Waals surface area contributed by atoms with Crippen LogP contribution in [0.2, 0.25) is 0 Å². The highest BCUT2D eigenvalue weighted by molar-refractivity contribution is 5.80. The highest BCUT2D eigenvalue weighted by atomic mass is 16.5. The molecule has 7 heavy (non-hydrogen) atoms. The van der Waals surface area contributed by atoms with Gasteiger partial charge in [-0.05, 0) is 0 Å². The lowest BCUT2D eigenvalue weighted by molar-refractivity contribution is -0.141. The zero-order valence-corrected chi connectivity index (χ0v) is 4.05. The summed E-state index contributed by atoms with van der Waals surface area (Å²) in [5, 5.41) is 0. The summed E-state index contributed by atoms with van der Waals surface area (Å²) in [5.74, 6) is -0.148. The number of hydrogen-bond acceptors (Lipinski definition) is 2. The van der Waals surface area contributed by atoms with Gasteiger partial charge in [0.25, 0.3) is 0 Å². The van der Waals surface area contributed by atoms with E-state index in [1.165, 1.54) is 7.11 Å². The Kier molecular flexibility index (Phi) is 0.855. The number of esters is 1. The van der Waals surface area contributed by atoms with Gasteiger partial charge in [0.05, 0.1) is 13.0 Å². The van der Waals surface area contributed by atoms with E-state index in [0.717, 1.165) is 0 Å². The molecule has 0 spiro atoms. The van der Waals surface area contributed by atoms with Gasteiger partial charge in [-0.1, -0.05) is 12.2 Å². The van der Waals surface area contributed by atoms with E-state index in [4.69, 9.17) is 0 Å². The summed E-state index contributed by atoms with van der Waals surface area (Å²) in [4.78, 5) is 10.3. The van der Waals surface area contributed by atoms with Crippen molar-refractivity contribution < 1.29 is 9.53 Å². The summed E-state index contributed by atoms with van der Waals surface area (Å²) in [5.41, 5.74) is 0. The van der Waals surface area contributed by atoms with Crippen molar-refractivity contribution >= 4 is 5.97 Å². The lowest BCUT2D eigenvalue weighted by Crippen LogP contribution is -2.02. The molecule has 0 aliphatic heterocycles. The summed E-state index contributed by atoms with van der Waals surface area (Å²) >= 11 is 0. The molecule has 0 saturated carbocycles. The minimum absolute atomic E-state index is 0.00463. The molecular formula is C5H6O2. The van der Waals surface area contributed by atoms with Crippen molar-refractivity contribution in [1.29, 1.82) is 0 Å². The maximum Gasteiger partial charge on any atom is 0.316 e. The lowest BCUT2D eigenvalue weighted by atomic mass is 10.4. The molecule has 0 heterocycles. The van der Waals surface area contributed by atoms with Gasteiger partial charge in [-0.2, -0.15) is 0 Å². The van der Waals surface area contributed by atoms with Crippen molar-refractivity contribution in [2.24, 2.45) is 5.92 Å². The van der Waals surface area contributed by atoms with Gasteiger partial charge in [0.2, 0.25) is 0 Å². The van der Waals surface area contributed by atoms with Crippen LogP contribution in [-0.4, -0.2) is 13.1 Å². The largest absolute Gasteiger partial charge is 0.468 e. The fraction of sp³-hybridized carbons (Fsp3) is 0.400. The van der Waals surface area contributed by atoms with E-state index >= 15 is 0 Å². The minimum atomic E-state index is -0.153. The monoisotopic (exact) mass is 98.0 g/mol. The van der Waals surface area contributed by atoms with Crippen molar-refractivity contribution in [1.82, 2.24) is 0 Å². The second kappa shape index (κ2) is 1.37. The van der Waals surface area contributed by atoms with Crippen LogP contribution >= 0.6 is 0 Å². The minimum Gasteiger partial charge on any atom is -0.468 e. The SMILES string of the molecule is COC(=O)C1C=C1. The Hall–Kier alpha value is -0.790. The molecule has 0 saturated heterocycles. The maximum atomic E-state index is 10.3. The first-order valence-electron chi connectivity index (χ1n) is 2.11. The van der Waals surface area contributed by atoms with Crippen molar-refractivity contribution in [3.63, 3.8) is 0 Å². The van der Waals surface area contributed by atoms with Crippen molar-refractivity contribution in [3.8, 4) is 0 Å². The van der Waals surface area contributed by atoms with E-state index < -0.39 is 0 Å². The predicted octanol–water partition coefficient (Wildman–Crippen LogP) is 0.345. The Balaban J connectivity index is 2.26. The zero-order chi connectivity index (χ0) is 5.28. The van der Waals surface area contributed by atoms with Gasteiger partial charge in [0.15, 0.2) is 0 Å². The Labute approximate surface area is 41.8 Å². The fourth-order valence-electron chi connectivity index (χ4n) is 0.349. The first kappa shape index (κ1) is 4.37. The summed E-state index contributed by atoms with van der Waals surface area (Å²) in [7, 11) is 1.39. The molecule has 0 atom stereocenters. The van der Waals surface area contributed by atoms with Crippen LogP contribution in [0.25, 0.3) is 0 Å². The quantitative estimate of drug-likeness (QED) is 0.349. The molecule has 2 nitrogen and oxygen atoms in total. The number of rotatable bonds is 1. The van der Waals surface area contributed by atoms with Crippen molar-refractivity contribution in [2.45, 2.75) is 0 Å². The number of ether oxygens (including phenoxy) is 1. The van der Waals surface area contributed by atoms with Gasteiger partial charge < -0.3 is 4.74 Å². The smallest absolute Gasteiger partial charge is 0.316 e. The zero-order valence-electron chi connectivity index (χ0n) is 4.05. The average Bonchev–Trinajstić information content (AvgIpc) is 2.44. The van der Waals surface area contributed by atoms with E-state index in [1.54, 1.807) is 12.2 Å². The predicted molar refractivity (Wildman–Crippen MR) is 24.6 cm³/mol. The molecule has 1 rings (SSSR count). The van der Waals surface area contributed by atoms with Crippen molar-refractivity contribution in [2.75, 3.05) is 7.11 Å². The molecular weight excluding hydrogens is 92.1 g/mol. The standard InChI is InChI=1S/C5H6O2/c1-7-5(6)4-2-3-4/h2-4H,1H3. The molecule has 0 N–H and O–H groups in total. The third-order valence-electron chi connectivity index (χ3n) is 0.858. The average molecular weight is 98.1 g/mol. The van der Waals surface area contributed by atoms with Crippen LogP contribution in [0.15, 0.2) is 12.2 Å². The van der Waals surface area contributed by atoms with Crippen LogP contribution < -0.4 is 0 Å². The molecule has 2 heteroatoms. The topological polar surface area (TPSA) is 26.3 Å². The molecule has 0 aromatic carbocycles. The summed E-state index contributed by atoms with van der Waals surface area (Å²) in [6.45, 7) is 0. The molecule has 0 amide bonds. The van der Waals surface area contributed by atoms with E-state index in [-0.39, 0.29) is 11.9 Å². The Morgan fingerprint density at radius 2 is 2.29 bits per heavy atom. The van der Waals surface area contributed by atoms with Gasteiger partial charge in [-0.25, -0.2) is 0 Å². The van der Waals surface area contributed by atoms with Gasteiger partial charge in [0, 0.05) is 0 Å². The van der Waals surface area contributed by atoms with Gasteiger partial charge >= 0.3 is 5.97 Å². The number of hydrogen-bond donors (Lipinski definition) is 0. The van der Waals surface area contributed by atoms with E-state index in [1.807, 2.05) is 0 Å². The van der Waals surface area contributed by atoms with Crippen LogP contribution in [0.1, 0.15) is 0 Å². The number of carbonyl (C=O) groups excluding carboxylic acids is 1. The second-order valence-corrected chi connectivity index (χ2v) is 1.43.